The molecule has 0 bridgehead atoms. The lowest BCUT2D eigenvalue weighted by Gasteiger charge is -2.32. The molecule has 0 aliphatic carbocycles. The van der Waals surface area contributed by atoms with E-state index in [1.807, 2.05) is 20.8 Å². The first-order chi connectivity index (χ1) is 18.6. The number of halogens is 5. The monoisotopic (exact) mass is 580 g/mol. The quantitative estimate of drug-likeness (QED) is 0.219. The summed E-state index contributed by atoms with van der Waals surface area (Å²) in [6, 6.07) is 13.3. The molecule has 0 spiro atoms. The summed E-state index contributed by atoms with van der Waals surface area (Å²) < 4.78 is 59.0. The number of hydrogen-bond acceptors (Lipinski definition) is 4. The zero-order valence-corrected chi connectivity index (χ0v) is 22.8. The highest BCUT2D eigenvalue weighted by Gasteiger charge is 2.31. The van der Waals surface area contributed by atoms with Crippen LogP contribution in [0.1, 0.15) is 43.1 Å². The molecule has 3 rings (SSSR count). The molecular formula is C29H29ClF4N2O4. The Hall–Kier alpha value is -3.79. The predicted molar refractivity (Wildman–Crippen MR) is 145 cm³/mol. The van der Waals surface area contributed by atoms with Gasteiger partial charge in [-0.15, -0.1) is 0 Å². The Morgan fingerprint density at radius 2 is 1.62 bits per heavy atom. The summed E-state index contributed by atoms with van der Waals surface area (Å²) in [6.07, 6.45) is -4.82. The molecule has 1 amide bonds. The van der Waals surface area contributed by atoms with E-state index in [2.05, 4.69) is 10.6 Å². The maximum absolute atomic E-state index is 14.5. The number of rotatable bonds is 10. The van der Waals surface area contributed by atoms with Gasteiger partial charge in [-0.05, 0) is 60.0 Å². The van der Waals surface area contributed by atoms with Gasteiger partial charge >= 0.3 is 12.1 Å². The van der Waals surface area contributed by atoms with E-state index in [0.29, 0.717) is 17.4 Å². The normalized spacial score (nSPS) is 12.5. The van der Waals surface area contributed by atoms with Crippen molar-refractivity contribution in [3.05, 3.63) is 82.6 Å². The molecule has 0 saturated carbocycles. The Balaban J connectivity index is 1.67. The van der Waals surface area contributed by atoms with Gasteiger partial charge in [0.05, 0.1) is 23.0 Å². The molecule has 6 nitrogen and oxygen atoms in total. The van der Waals surface area contributed by atoms with Crippen LogP contribution in [0, 0.1) is 11.2 Å². The van der Waals surface area contributed by atoms with Crippen LogP contribution in [-0.2, 0) is 11.0 Å². The molecule has 0 fully saturated rings. The summed E-state index contributed by atoms with van der Waals surface area (Å²) in [6.45, 7) is 6.29. The van der Waals surface area contributed by atoms with Crippen LogP contribution in [0.15, 0.2) is 60.7 Å². The van der Waals surface area contributed by atoms with Crippen molar-refractivity contribution >= 4 is 29.2 Å². The second-order valence-electron chi connectivity index (χ2n) is 10.2. The fraction of sp³-hybridized carbons (Fsp3) is 0.310. The van der Waals surface area contributed by atoms with Crippen LogP contribution in [0.3, 0.4) is 0 Å². The van der Waals surface area contributed by atoms with Gasteiger partial charge in [0.25, 0.3) is 5.91 Å². The van der Waals surface area contributed by atoms with E-state index in [1.54, 1.807) is 30.3 Å². The van der Waals surface area contributed by atoms with Crippen molar-refractivity contribution in [2.24, 2.45) is 5.41 Å². The van der Waals surface area contributed by atoms with Crippen LogP contribution in [0.2, 0.25) is 5.02 Å². The first kappa shape index (κ1) is 30.7. The van der Waals surface area contributed by atoms with Gasteiger partial charge in [0.15, 0.2) is 0 Å². The first-order valence-electron chi connectivity index (χ1n) is 12.3. The van der Waals surface area contributed by atoms with Gasteiger partial charge in [-0.25, -0.2) is 4.39 Å². The van der Waals surface area contributed by atoms with E-state index < -0.39 is 23.5 Å². The minimum Gasteiger partial charge on any atom is -0.491 e. The summed E-state index contributed by atoms with van der Waals surface area (Å²) in [5.74, 6) is -2.02. The standard InChI is InChI=1S/C29H29ClF4N2O4/c1-28(2,3)25(36-19-7-4-17(5-8-19)27(39)35-13-12-26(37)38)16-40-20-9-11-21(23(30)15-20)22-10-6-18(14-24(22)31)29(32,33)34/h4-11,14-15,25,36H,12-13,16H2,1-3H3,(H,35,39)(H,37,38). The summed E-state index contributed by atoms with van der Waals surface area (Å²) >= 11 is 6.34. The summed E-state index contributed by atoms with van der Waals surface area (Å²) in [5, 5.41) is 14.7. The third kappa shape index (κ3) is 8.35. The average Bonchev–Trinajstić information content (AvgIpc) is 2.85. The zero-order valence-electron chi connectivity index (χ0n) is 22.0. The number of amides is 1. The topological polar surface area (TPSA) is 87.7 Å². The molecule has 1 unspecified atom stereocenters. The number of anilines is 1. The predicted octanol–water partition coefficient (Wildman–Crippen LogP) is 7.28. The molecule has 3 aromatic carbocycles. The van der Waals surface area contributed by atoms with Gasteiger partial charge in [-0.1, -0.05) is 38.4 Å². The van der Waals surface area contributed by atoms with Crippen molar-refractivity contribution in [2.75, 3.05) is 18.5 Å². The number of nitrogens with one attached hydrogen (secondary N) is 2. The van der Waals surface area contributed by atoms with E-state index in [0.717, 1.165) is 17.8 Å². The molecule has 1 atom stereocenters. The summed E-state index contributed by atoms with van der Waals surface area (Å²) in [7, 11) is 0. The van der Waals surface area contributed by atoms with Crippen molar-refractivity contribution in [3.63, 3.8) is 0 Å². The molecule has 0 radical (unpaired) electrons. The van der Waals surface area contributed by atoms with Crippen LogP contribution in [0.25, 0.3) is 11.1 Å². The number of hydrogen-bond donors (Lipinski definition) is 3. The Labute approximate surface area is 234 Å². The summed E-state index contributed by atoms with van der Waals surface area (Å²) in [4.78, 5) is 22.8. The number of aliphatic carboxylic acids is 1. The Bertz CT molecular complexity index is 1360. The van der Waals surface area contributed by atoms with E-state index in [4.69, 9.17) is 21.4 Å². The van der Waals surface area contributed by atoms with E-state index in [1.165, 1.54) is 12.1 Å². The van der Waals surface area contributed by atoms with Crippen molar-refractivity contribution in [3.8, 4) is 16.9 Å². The minimum atomic E-state index is -4.65. The minimum absolute atomic E-state index is 0.0296. The summed E-state index contributed by atoms with van der Waals surface area (Å²) in [5.41, 5.74) is -0.0507. The lowest BCUT2D eigenvalue weighted by atomic mass is 9.87. The highest BCUT2D eigenvalue weighted by molar-refractivity contribution is 6.33. The first-order valence-corrected chi connectivity index (χ1v) is 12.7. The van der Waals surface area contributed by atoms with Gasteiger partial charge in [0, 0.05) is 28.9 Å². The van der Waals surface area contributed by atoms with Gasteiger partial charge in [0.1, 0.15) is 18.2 Å². The number of carbonyl (C=O) groups excluding carboxylic acids is 1. The van der Waals surface area contributed by atoms with Crippen LogP contribution < -0.4 is 15.4 Å². The second-order valence-corrected chi connectivity index (χ2v) is 10.6. The molecule has 40 heavy (non-hydrogen) atoms. The third-order valence-corrected chi connectivity index (χ3v) is 6.41. The van der Waals surface area contributed by atoms with Crippen molar-refractivity contribution in [1.29, 1.82) is 0 Å². The maximum atomic E-state index is 14.5. The third-order valence-electron chi connectivity index (χ3n) is 6.10. The fourth-order valence-electron chi connectivity index (χ4n) is 3.71. The number of carboxylic acids is 1. The van der Waals surface area contributed by atoms with Crippen LogP contribution in [0.4, 0.5) is 23.2 Å². The molecule has 214 valence electrons. The van der Waals surface area contributed by atoms with Crippen molar-refractivity contribution in [1.82, 2.24) is 5.32 Å². The molecule has 3 N–H and O–H groups in total. The maximum Gasteiger partial charge on any atom is 0.416 e. The Morgan fingerprint density at radius 3 is 2.17 bits per heavy atom. The van der Waals surface area contributed by atoms with Gasteiger partial charge in [-0.3, -0.25) is 9.59 Å². The molecule has 0 aromatic heterocycles. The Morgan fingerprint density at radius 1 is 0.975 bits per heavy atom. The molecular weight excluding hydrogens is 552 g/mol. The largest absolute Gasteiger partial charge is 0.491 e. The van der Waals surface area contributed by atoms with Crippen LogP contribution in [-0.4, -0.2) is 36.2 Å². The fourth-order valence-corrected chi connectivity index (χ4v) is 3.98. The highest BCUT2D eigenvalue weighted by atomic mass is 35.5. The number of carbonyl (C=O) groups is 2. The highest BCUT2D eigenvalue weighted by Crippen LogP contribution is 2.36. The second kappa shape index (κ2) is 12.6. The van der Waals surface area contributed by atoms with E-state index in [-0.39, 0.29) is 53.1 Å². The van der Waals surface area contributed by atoms with Crippen LogP contribution >= 0.6 is 11.6 Å². The zero-order chi connectivity index (χ0) is 29.7. The number of ether oxygens (including phenoxy) is 1. The SMILES string of the molecule is CC(C)(C)C(COc1ccc(-c2ccc(C(F)(F)F)cc2F)c(Cl)c1)Nc1ccc(C(=O)NCCC(=O)O)cc1. The number of carboxylic acid groups (broad SMARTS) is 1. The molecule has 0 saturated heterocycles. The molecule has 3 aromatic rings. The van der Waals surface area contributed by atoms with Crippen molar-refractivity contribution < 1.29 is 37.0 Å². The lowest BCUT2D eigenvalue weighted by molar-refractivity contribution is -0.138. The lowest BCUT2D eigenvalue weighted by Crippen LogP contribution is -2.39. The smallest absolute Gasteiger partial charge is 0.416 e. The van der Waals surface area contributed by atoms with Gasteiger partial charge in [0.2, 0.25) is 0 Å². The van der Waals surface area contributed by atoms with Crippen molar-refractivity contribution in [2.45, 2.75) is 39.4 Å². The number of benzene rings is 3. The average molecular weight is 581 g/mol. The van der Waals surface area contributed by atoms with Crippen LogP contribution in [0.5, 0.6) is 5.75 Å². The van der Waals surface area contributed by atoms with E-state index >= 15 is 0 Å². The molecule has 0 heterocycles. The van der Waals surface area contributed by atoms with E-state index in [9.17, 15) is 27.2 Å². The van der Waals surface area contributed by atoms with Gasteiger partial charge in [-0.2, -0.15) is 13.2 Å². The number of alkyl halides is 3. The molecule has 0 aliphatic rings. The van der Waals surface area contributed by atoms with Gasteiger partial charge < -0.3 is 20.5 Å². The molecule has 11 heteroatoms. The Kier molecular flexibility index (Phi) is 9.68. The molecule has 0 aliphatic heterocycles.